The molecule has 0 radical (unpaired) electrons. The highest BCUT2D eigenvalue weighted by molar-refractivity contribution is 5.94. The monoisotopic (exact) mass is 322 g/mol. The molecule has 0 spiro atoms. The van der Waals surface area contributed by atoms with E-state index in [1.807, 2.05) is 7.05 Å². The average molecular weight is 323 g/mol. The van der Waals surface area contributed by atoms with Crippen LogP contribution in [0.3, 0.4) is 0 Å². The van der Waals surface area contributed by atoms with Crippen LogP contribution in [-0.2, 0) is 6.18 Å². The van der Waals surface area contributed by atoms with E-state index in [-0.39, 0.29) is 18.3 Å². The molecule has 1 amide bonds. The predicted octanol–water partition coefficient (Wildman–Crippen LogP) is 2.95. The van der Waals surface area contributed by atoms with Gasteiger partial charge in [-0.3, -0.25) is 4.79 Å². The molecule has 3 nitrogen and oxygen atoms in total. The van der Waals surface area contributed by atoms with Crippen molar-refractivity contribution in [2.75, 3.05) is 20.1 Å². The first kappa shape index (κ1) is 17.8. The highest BCUT2D eigenvalue weighted by Crippen LogP contribution is 2.29. The molecular weight excluding hydrogens is 305 g/mol. The predicted molar refractivity (Wildman–Crippen MR) is 76.7 cm³/mol. The zero-order valence-corrected chi connectivity index (χ0v) is 12.4. The molecule has 0 aromatic heterocycles. The van der Waals surface area contributed by atoms with Gasteiger partial charge in [0.2, 0.25) is 0 Å². The molecule has 1 aliphatic heterocycles. The number of piperidine rings is 1. The van der Waals surface area contributed by atoms with E-state index in [4.69, 9.17) is 0 Å². The van der Waals surface area contributed by atoms with Crippen molar-refractivity contribution >= 4 is 18.3 Å². The van der Waals surface area contributed by atoms with E-state index in [1.165, 1.54) is 12.1 Å². The molecule has 0 aliphatic carbocycles. The highest BCUT2D eigenvalue weighted by atomic mass is 35.5. The zero-order chi connectivity index (χ0) is 14.8. The Hall–Kier alpha value is -1.27. The van der Waals surface area contributed by atoms with Crippen LogP contribution in [0.1, 0.15) is 28.8 Å². The second-order valence-corrected chi connectivity index (χ2v) is 4.93. The van der Waals surface area contributed by atoms with Gasteiger partial charge in [0.15, 0.2) is 0 Å². The standard InChI is InChI=1S/C14H17F3N2O.ClH/c1-18-12-6-8-19(9-7-12)13(20)10-2-4-11(5-3-10)14(15,16)17;/h2-5,12,18H,6-9H2,1H3;1H. The van der Waals surface area contributed by atoms with E-state index in [1.54, 1.807) is 4.90 Å². The Balaban J connectivity index is 0.00000220. The van der Waals surface area contributed by atoms with Crippen LogP contribution in [0, 0.1) is 0 Å². The van der Waals surface area contributed by atoms with Gasteiger partial charge in [-0.1, -0.05) is 0 Å². The summed E-state index contributed by atoms with van der Waals surface area (Å²) in [4.78, 5) is 13.9. The molecule has 2 rings (SSSR count). The molecule has 1 aromatic carbocycles. The first-order valence-electron chi connectivity index (χ1n) is 6.55. The summed E-state index contributed by atoms with van der Waals surface area (Å²) < 4.78 is 37.4. The minimum atomic E-state index is -4.37. The number of hydrogen-bond acceptors (Lipinski definition) is 2. The third kappa shape index (κ3) is 4.35. The lowest BCUT2D eigenvalue weighted by Crippen LogP contribution is -2.43. The number of alkyl halides is 3. The second-order valence-electron chi connectivity index (χ2n) is 4.93. The summed E-state index contributed by atoms with van der Waals surface area (Å²) in [5, 5.41) is 3.16. The molecule has 0 saturated carbocycles. The first-order chi connectivity index (χ1) is 9.41. The first-order valence-corrected chi connectivity index (χ1v) is 6.55. The van der Waals surface area contributed by atoms with Crippen LogP contribution in [0.4, 0.5) is 13.2 Å². The van der Waals surface area contributed by atoms with Crippen molar-refractivity contribution in [1.29, 1.82) is 0 Å². The van der Waals surface area contributed by atoms with Gasteiger partial charge in [-0.2, -0.15) is 13.2 Å². The number of benzene rings is 1. The minimum Gasteiger partial charge on any atom is -0.339 e. The Morgan fingerprint density at radius 3 is 2.14 bits per heavy atom. The van der Waals surface area contributed by atoms with Gasteiger partial charge in [-0.05, 0) is 44.2 Å². The van der Waals surface area contributed by atoms with Crippen LogP contribution in [-0.4, -0.2) is 37.0 Å². The largest absolute Gasteiger partial charge is 0.416 e. The van der Waals surface area contributed by atoms with Gasteiger partial charge in [0.05, 0.1) is 5.56 Å². The molecule has 1 N–H and O–H groups in total. The normalized spacial score (nSPS) is 16.5. The van der Waals surface area contributed by atoms with Crippen LogP contribution < -0.4 is 5.32 Å². The number of likely N-dealkylation sites (tertiary alicyclic amines) is 1. The maximum Gasteiger partial charge on any atom is 0.416 e. The van der Waals surface area contributed by atoms with Gasteiger partial charge in [0.25, 0.3) is 5.91 Å². The number of rotatable bonds is 2. The summed E-state index contributed by atoms with van der Waals surface area (Å²) in [6.45, 7) is 1.26. The fourth-order valence-corrected chi connectivity index (χ4v) is 2.36. The molecule has 0 unspecified atom stereocenters. The number of halogens is 4. The molecule has 7 heteroatoms. The lowest BCUT2D eigenvalue weighted by molar-refractivity contribution is -0.137. The van der Waals surface area contributed by atoms with Crippen LogP contribution in [0.2, 0.25) is 0 Å². The molecule has 0 atom stereocenters. The van der Waals surface area contributed by atoms with E-state index in [9.17, 15) is 18.0 Å². The Labute approximate surface area is 127 Å². The molecule has 1 aliphatic rings. The second kappa shape index (κ2) is 7.13. The molecule has 1 aromatic rings. The quantitative estimate of drug-likeness (QED) is 0.908. The SMILES string of the molecule is CNC1CCN(C(=O)c2ccc(C(F)(F)F)cc2)CC1.Cl. The maximum absolute atomic E-state index is 12.5. The van der Waals surface area contributed by atoms with E-state index in [0.29, 0.717) is 24.7 Å². The molecular formula is C14H18ClF3N2O. The van der Waals surface area contributed by atoms with Crippen molar-refractivity contribution in [2.24, 2.45) is 0 Å². The molecule has 21 heavy (non-hydrogen) atoms. The van der Waals surface area contributed by atoms with Gasteiger partial charge in [-0.25, -0.2) is 0 Å². The zero-order valence-electron chi connectivity index (χ0n) is 11.6. The number of carbonyl (C=O) groups excluding carboxylic acids is 1. The van der Waals surface area contributed by atoms with E-state index in [0.717, 1.165) is 25.0 Å². The number of nitrogens with zero attached hydrogens (tertiary/aromatic N) is 1. The van der Waals surface area contributed by atoms with Crippen LogP contribution in [0.5, 0.6) is 0 Å². The Morgan fingerprint density at radius 2 is 1.71 bits per heavy atom. The van der Waals surface area contributed by atoms with Crippen molar-refractivity contribution in [3.63, 3.8) is 0 Å². The van der Waals surface area contributed by atoms with Gasteiger partial charge >= 0.3 is 6.18 Å². The summed E-state index contributed by atoms with van der Waals surface area (Å²) in [5.74, 6) is -0.201. The average Bonchev–Trinajstić information content (AvgIpc) is 2.46. The summed E-state index contributed by atoms with van der Waals surface area (Å²) in [7, 11) is 1.89. The molecule has 1 saturated heterocycles. The van der Waals surface area contributed by atoms with Crippen LogP contribution >= 0.6 is 12.4 Å². The van der Waals surface area contributed by atoms with Crippen LogP contribution in [0.25, 0.3) is 0 Å². The smallest absolute Gasteiger partial charge is 0.339 e. The summed E-state index contributed by atoms with van der Waals surface area (Å²) in [5.41, 5.74) is -0.427. The minimum absolute atomic E-state index is 0. The van der Waals surface area contributed by atoms with Gasteiger partial charge in [0, 0.05) is 24.7 Å². The van der Waals surface area contributed by atoms with Crippen molar-refractivity contribution in [3.8, 4) is 0 Å². The van der Waals surface area contributed by atoms with Gasteiger partial charge in [-0.15, -0.1) is 12.4 Å². The molecule has 1 heterocycles. The maximum atomic E-state index is 12.5. The highest BCUT2D eigenvalue weighted by Gasteiger charge is 2.30. The van der Waals surface area contributed by atoms with Crippen molar-refractivity contribution in [2.45, 2.75) is 25.1 Å². The van der Waals surface area contributed by atoms with Gasteiger partial charge in [0.1, 0.15) is 0 Å². The third-order valence-electron chi connectivity index (χ3n) is 3.65. The number of carbonyl (C=O) groups is 1. The third-order valence-corrected chi connectivity index (χ3v) is 3.65. The van der Waals surface area contributed by atoms with Gasteiger partial charge < -0.3 is 10.2 Å². The Kier molecular flexibility index (Phi) is 6.04. The van der Waals surface area contributed by atoms with Crippen molar-refractivity contribution < 1.29 is 18.0 Å². The Bertz CT molecular complexity index is 468. The fraction of sp³-hybridized carbons (Fsp3) is 0.500. The molecule has 0 bridgehead atoms. The summed E-state index contributed by atoms with van der Waals surface area (Å²) >= 11 is 0. The summed E-state index contributed by atoms with van der Waals surface area (Å²) in [6.07, 6.45) is -2.64. The fourth-order valence-electron chi connectivity index (χ4n) is 2.36. The lowest BCUT2D eigenvalue weighted by atomic mass is 10.0. The van der Waals surface area contributed by atoms with E-state index in [2.05, 4.69) is 5.32 Å². The van der Waals surface area contributed by atoms with E-state index < -0.39 is 11.7 Å². The van der Waals surface area contributed by atoms with Crippen molar-refractivity contribution in [1.82, 2.24) is 10.2 Å². The summed E-state index contributed by atoms with van der Waals surface area (Å²) in [6, 6.07) is 4.80. The number of nitrogens with one attached hydrogen (secondary N) is 1. The molecule has 118 valence electrons. The number of hydrogen-bond donors (Lipinski definition) is 1. The number of amides is 1. The van der Waals surface area contributed by atoms with Crippen LogP contribution in [0.15, 0.2) is 24.3 Å². The van der Waals surface area contributed by atoms with Crippen molar-refractivity contribution in [3.05, 3.63) is 35.4 Å². The molecule has 1 fully saturated rings. The topological polar surface area (TPSA) is 32.3 Å². The lowest BCUT2D eigenvalue weighted by Gasteiger charge is -2.31. The van der Waals surface area contributed by atoms with E-state index >= 15 is 0 Å². The Morgan fingerprint density at radius 1 is 1.19 bits per heavy atom.